The summed E-state index contributed by atoms with van der Waals surface area (Å²) in [5.74, 6) is -0.0103. The Morgan fingerprint density at radius 1 is 0.958 bits per heavy atom. The highest BCUT2D eigenvalue weighted by Gasteiger charge is 2.17. The summed E-state index contributed by atoms with van der Waals surface area (Å²) in [4.78, 5) is 13.8. The average molecular weight is 342 g/mol. The first-order chi connectivity index (χ1) is 11.3. The van der Waals surface area contributed by atoms with E-state index in [1.54, 1.807) is 11.8 Å². The number of nitrogens with one attached hydrogen (secondary N) is 1. The summed E-state index contributed by atoms with van der Waals surface area (Å²) in [6, 6.07) is 12.2. The fourth-order valence-electron chi connectivity index (χ4n) is 2.81. The Morgan fingerprint density at radius 2 is 1.58 bits per heavy atom. The Bertz CT molecular complexity index is 737. The fraction of sp³-hybridized carbons (Fsp3) is 0.381. The van der Waals surface area contributed by atoms with E-state index in [9.17, 15) is 4.79 Å². The number of hydrogen-bond donors (Lipinski definition) is 1. The molecule has 128 valence electrons. The normalized spacial score (nSPS) is 12.3. The van der Waals surface area contributed by atoms with Crippen LogP contribution >= 0.6 is 11.8 Å². The van der Waals surface area contributed by atoms with Crippen LogP contribution in [0.15, 0.2) is 41.3 Å². The summed E-state index contributed by atoms with van der Waals surface area (Å²) >= 11 is 1.72. The zero-order chi connectivity index (χ0) is 17.9. The van der Waals surface area contributed by atoms with Crippen LogP contribution in [0.3, 0.4) is 0 Å². The second-order valence-corrected chi connectivity index (χ2v) is 8.27. The second kappa shape index (κ2) is 7.89. The van der Waals surface area contributed by atoms with Gasteiger partial charge in [-0.2, -0.15) is 0 Å². The van der Waals surface area contributed by atoms with Gasteiger partial charge in [0.25, 0.3) is 5.91 Å². The highest BCUT2D eigenvalue weighted by atomic mass is 32.2. The number of thioether (sulfide) groups is 1. The Kier molecular flexibility index (Phi) is 6.11. The maximum absolute atomic E-state index is 12.8. The Hall–Kier alpha value is -1.74. The molecule has 0 fully saturated rings. The molecule has 2 aromatic rings. The fourth-order valence-corrected chi connectivity index (χ4v) is 3.77. The number of rotatable bonds is 5. The van der Waals surface area contributed by atoms with Gasteiger partial charge >= 0.3 is 0 Å². The van der Waals surface area contributed by atoms with Gasteiger partial charge in [0.2, 0.25) is 0 Å². The quantitative estimate of drug-likeness (QED) is 0.717. The van der Waals surface area contributed by atoms with E-state index in [0.29, 0.717) is 5.25 Å². The minimum atomic E-state index is -0.0195. The molecule has 0 saturated heterocycles. The first-order valence-electron chi connectivity index (χ1n) is 8.44. The maximum atomic E-state index is 12.8. The molecule has 0 heterocycles. The minimum Gasteiger partial charge on any atom is -0.345 e. The van der Waals surface area contributed by atoms with Crippen LogP contribution in [0, 0.1) is 20.8 Å². The van der Waals surface area contributed by atoms with Crippen LogP contribution in [0.5, 0.6) is 0 Å². The van der Waals surface area contributed by atoms with Crippen molar-refractivity contribution in [2.75, 3.05) is 0 Å². The monoisotopic (exact) mass is 341 g/mol. The van der Waals surface area contributed by atoms with Gasteiger partial charge in [-0.1, -0.05) is 38.1 Å². The predicted molar refractivity (Wildman–Crippen MR) is 104 cm³/mol. The second-order valence-electron chi connectivity index (χ2n) is 6.65. The lowest BCUT2D eigenvalue weighted by Gasteiger charge is -2.19. The molecule has 2 aromatic carbocycles. The number of carbonyl (C=O) groups is 1. The van der Waals surface area contributed by atoms with Gasteiger partial charge in [0.05, 0.1) is 11.6 Å². The number of carbonyl (C=O) groups excluding carboxylic acids is 1. The number of benzene rings is 2. The zero-order valence-electron chi connectivity index (χ0n) is 15.4. The van der Waals surface area contributed by atoms with Gasteiger partial charge in [-0.25, -0.2) is 0 Å². The van der Waals surface area contributed by atoms with E-state index in [4.69, 9.17) is 0 Å². The molecule has 0 bridgehead atoms. The van der Waals surface area contributed by atoms with Crippen LogP contribution in [-0.2, 0) is 0 Å². The van der Waals surface area contributed by atoms with Crippen molar-refractivity contribution in [2.45, 2.75) is 57.7 Å². The minimum absolute atomic E-state index is 0.0103. The van der Waals surface area contributed by atoms with Gasteiger partial charge in [-0.15, -0.1) is 11.8 Å². The van der Waals surface area contributed by atoms with E-state index >= 15 is 0 Å². The summed E-state index contributed by atoms with van der Waals surface area (Å²) in [5, 5.41) is 3.60. The van der Waals surface area contributed by atoms with E-state index in [2.05, 4.69) is 52.1 Å². The molecule has 0 aromatic heterocycles. The average Bonchev–Trinajstić information content (AvgIpc) is 2.50. The molecule has 24 heavy (non-hydrogen) atoms. The standard InChI is InChI=1S/C21H27NOS/c1-13(2)24-20-10-8-7-9-18(20)21(23)22-17(6)19-12-15(4)14(3)11-16(19)5/h7-13,17H,1-6H3,(H,22,23)/t17-/m0/s1. The van der Waals surface area contributed by atoms with Crippen molar-refractivity contribution in [2.24, 2.45) is 0 Å². The SMILES string of the molecule is Cc1cc(C)c([C@H](C)NC(=O)c2ccccc2SC(C)C)cc1C. The molecule has 1 amide bonds. The predicted octanol–water partition coefficient (Wildman–Crippen LogP) is 5.60. The molecule has 0 unspecified atom stereocenters. The molecule has 2 nitrogen and oxygen atoms in total. The van der Waals surface area contributed by atoms with Crippen LogP contribution < -0.4 is 5.32 Å². The maximum Gasteiger partial charge on any atom is 0.252 e. The highest BCUT2D eigenvalue weighted by Crippen LogP contribution is 2.27. The summed E-state index contributed by atoms with van der Waals surface area (Å²) in [5.41, 5.74) is 5.70. The lowest BCUT2D eigenvalue weighted by molar-refractivity contribution is 0.0937. The van der Waals surface area contributed by atoms with E-state index in [-0.39, 0.29) is 11.9 Å². The molecule has 0 aliphatic carbocycles. The Morgan fingerprint density at radius 3 is 2.25 bits per heavy atom. The van der Waals surface area contributed by atoms with Crippen LogP contribution in [-0.4, -0.2) is 11.2 Å². The zero-order valence-corrected chi connectivity index (χ0v) is 16.3. The van der Waals surface area contributed by atoms with Crippen molar-refractivity contribution in [3.05, 3.63) is 64.2 Å². The van der Waals surface area contributed by atoms with Gasteiger partial charge in [-0.05, 0) is 62.1 Å². The van der Waals surface area contributed by atoms with Gasteiger partial charge < -0.3 is 5.32 Å². The smallest absolute Gasteiger partial charge is 0.252 e. The van der Waals surface area contributed by atoms with Crippen molar-refractivity contribution < 1.29 is 4.79 Å². The van der Waals surface area contributed by atoms with E-state index in [1.165, 1.54) is 22.3 Å². The lowest BCUT2D eigenvalue weighted by atomic mass is 9.96. The third-order valence-corrected chi connectivity index (χ3v) is 5.27. The number of hydrogen-bond acceptors (Lipinski definition) is 2. The summed E-state index contributed by atoms with van der Waals surface area (Å²) in [6.45, 7) is 12.7. The molecular weight excluding hydrogens is 314 g/mol. The molecule has 0 aliphatic rings. The third kappa shape index (κ3) is 4.41. The lowest BCUT2D eigenvalue weighted by Crippen LogP contribution is -2.27. The van der Waals surface area contributed by atoms with Gasteiger partial charge in [0, 0.05) is 10.1 Å². The summed E-state index contributed by atoms with van der Waals surface area (Å²) < 4.78 is 0. The number of amides is 1. The molecule has 2 rings (SSSR count). The van der Waals surface area contributed by atoms with Crippen molar-refractivity contribution in [3.8, 4) is 0 Å². The molecule has 0 aliphatic heterocycles. The summed E-state index contributed by atoms with van der Waals surface area (Å²) in [7, 11) is 0. The van der Waals surface area contributed by atoms with Gasteiger partial charge in [-0.3, -0.25) is 4.79 Å². The molecule has 1 N–H and O–H groups in total. The molecule has 1 atom stereocenters. The Labute approximate surface area is 150 Å². The third-order valence-electron chi connectivity index (χ3n) is 4.19. The van der Waals surface area contributed by atoms with Crippen molar-refractivity contribution >= 4 is 17.7 Å². The highest BCUT2D eigenvalue weighted by molar-refractivity contribution is 8.00. The topological polar surface area (TPSA) is 29.1 Å². The van der Waals surface area contributed by atoms with Crippen LogP contribution in [0.4, 0.5) is 0 Å². The van der Waals surface area contributed by atoms with Crippen molar-refractivity contribution in [3.63, 3.8) is 0 Å². The summed E-state index contributed by atoms with van der Waals surface area (Å²) in [6.07, 6.45) is 0. The van der Waals surface area contributed by atoms with E-state index in [0.717, 1.165) is 10.5 Å². The molecule has 0 spiro atoms. The number of aryl methyl sites for hydroxylation is 3. The van der Waals surface area contributed by atoms with Crippen molar-refractivity contribution in [1.29, 1.82) is 0 Å². The van der Waals surface area contributed by atoms with E-state index in [1.807, 2.05) is 31.2 Å². The largest absolute Gasteiger partial charge is 0.345 e. The van der Waals surface area contributed by atoms with E-state index < -0.39 is 0 Å². The van der Waals surface area contributed by atoms with Crippen LogP contribution in [0.1, 0.15) is 59.4 Å². The Balaban J connectivity index is 2.22. The van der Waals surface area contributed by atoms with Crippen molar-refractivity contribution in [1.82, 2.24) is 5.32 Å². The molecule has 0 radical (unpaired) electrons. The molecular formula is C21H27NOS. The first-order valence-corrected chi connectivity index (χ1v) is 9.32. The van der Waals surface area contributed by atoms with Crippen LogP contribution in [0.25, 0.3) is 0 Å². The first kappa shape index (κ1) is 18.6. The molecule has 3 heteroatoms. The van der Waals surface area contributed by atoms with Gasteiger partial charge in [0.1, 0.15) is 0 Å². The molecule has 0 saturated carbocycles. The van der Waals surface area contributed by atoms with Gasteiger partial charge in [0.15, 0.2) is 0 Å². The van der Waals surface area contributed by atoms with Crippen LogP contribution in [0.2, 0.25) is 0 Å².